The molecule has 2 saturated heterocycles. The zero-order valence-corrected chi connectivity index (χ0v) is 11.1. The second kappa shape index (κ2) is 4.72. The van der Waals surface area contributed by atoms with Crippen LogP contribution in [0.2, 0.25) is 5.02 Å². The number of aliphatic hydroxyl groups is 1. The molecule has 0 amide bonds. The molecule has 2 bridgehead atoms. The van der Waals surface area contributed by atoms with Gasteiger partial charge in [0.2, 0.25) is 0 Å². The van der Waals surface area contributed by atoms with Crippen LogP contribution in [0.5, 0.6) is 0 Å². The molecule has 3 rings (SSSR count). The number of hydrogen-bond donors (Lipinski definition) is 2. The van der Waals surface area contributed by atoms with Crippen LogP contribution in [0.3, 0.4) is 0 Å². The molecule has 0 aromatic heterocycles. The number of nitrogens with zero attached hydrogens (tertiary/aromatic N) is 1. The fraction of sp³-hybridized carbons (Fsp3) is 0.571. The van der Waals surface area contributed by atoms with E-state index in [2.05, 4.69) is 11.0 Å². The highest BCUT2D eigenvalue weighted by Gasteiger charge is 2.40. The predicted octanol–water partition coefficient (Wildman–Crippen LogP) is 2.29. The second-order valence-electron chi connectivity index (χ2n) is 5.36. The van der Waals surface area contributed by atoms with Crippen LogP contribution in [0.15, 0.2) is 18.2 Å². The second-order valence-corrected chi connectivity index (χ2v) is 5.77. The summed E-state index contributed by atoms with van der Waals surface area (Å²) >= 11 is 6.24. The quantitative estimate of drug-likeness (QED) is 0.864. The van der Waals surface area contributed by atoms with Gasteiger partial charge >= 0.3 is 0 Å². The van der Waals surface area contributed by atoms with E-state index in [9.17, 15) is 5.11 Å². The van der Waals surface area contributed by atoms with Gasteiger partial charge in [-0.2, -0.15) is 0 Å². The van der Waals surface area contributed by atoms with Gasteiger partial charge in [0.05, 0.1) is 6.10 Å². The predicted molar refractivity (Wildman–Crippen MR) is 73.9 cm³/mol. The molecule has 3 N–H and O–H groups in total. The summed E-state index contributed by atoms with van der Waals surface area (Å²) in [5.74, 6) is 0. The van der Waals surface area contributed by atoms with Crippen molar-refractivity contribution in [2.75, 3.05) is 4.90 Å². The highest BCUT2D eigenvalue weighted by molar-refractivity contribution is 6.31. The molecular formula is C14H19ClN2O. The first-order chi connectivity index (χ1) is 8.70. The van der Waals surface area contributed by atoms with E-state index >= 15 is 0 Å². The maximum Gasteiger partial charge on any atom is 0.0579 e. The van der Waals surface area contributed by atoms with Gasteiger partial charge in [-0.25, -0.2) is 0 Å². The normalized spacial score (nSPS) is 30.8. The number of fused-ring (bicyclic) bond motifs is 2. The van der Waals surface area contributed by atoms with Gasteiger partial charge < -0.3 is 15.7 Å². The number of anilines is 1. The van der Waals surface area contributed by atoms with Crippen molar-refractivity contribution in [3.05, 3.63) is 28.8 Å². The Labute approximate surface area is 113 Å². The largest absolute Gasteiger partial charge is 0.393 e. The first kappa shape index (κ1) is 12.3. The number of piperidine rings is 1. The molecule has 2 aliphatic heterocycles. The van der Waals surface area contributed by atoms with Crippen LogP contribution in [0, 0.1) is 0 Å². The van der Waals surface area contributed by atoms with Gasteiger partial charge in [0.1, 0.15) is 0 Å². The topological polar surface area (TPSA) is 49.5 Å². The monoisotopic (exact) mass is 266 g/mol. The third-order valence-corrected chi connectivity index (χ3v) is 4.64. The SMILES string of the molecule is NCc1c(Cl)cccc1N1C2CCC1CC(O)C2. The van der Waals surface area contributed by atoms with Crippen LogP contribution in [-0.2, 0) is 6.54 Å². The van der Waals surface area contributed by atoms with Gasteiger partial charge in [0.15, 0.2) is 0 Å². The molecule has 4 heteroatoms. The average molecular weight is 267 g/mol. The standard InChI is InChI=1S/C14H19ClN2O/c15-13-2-1-3-14(12(13)8-16)17-9-4-5-10(17)7-11(18)6-9/h1-3,9-11,18H,4-8,16H2. The van der Waals surface area contributed by atoms with Crippen molar-refractivity contribution < 1.29 is 5.11 Å². The van der Waals surface area contributed by atoms with Crippen LogP contribution in [-0.4, -0.2) is 23.3 Å². The molecule has 0 saturated carbocycles. The van der Waals surface area contributed by atoms with E-state index in [0.717, 1.165) is 36.3 Å². The molecule has 2 atom stereocenters. The summed E-state index contributed by atoms with van der Waals surface area (Å²) in [6, 6.07) is 6.89. The van der Waals surface area contributed by atoms with E-state index < -0.39 is 0 Å². The minimum Gasteiger partial charge on any atom is -0.393 e. The van der Waals surface area contributed by atoms with Gasteiger partial charge in [-0.1, -0.05) is 17.7 Å². The Morgan fingerprint density at radius 3 is 2.56 bits per heavy atom. The van der Waals surface area contributed by atoms with Gasteiger partial charge in [0.25, 0.3) is 0 Å². The lowest BCUT2D eigenvalue weighted by Gasteiger charge is -2.40. The number of aliphatic hydroxyl groups excluding tert-OH is 1. The number of nitrogens with two attached hydrogens (primary N) is 1. The maximum atomic E-state index is 9.86. The molecule has 3 nitrogen and oxygen atoms in total. The molecule has 98 valence electrons. The number of benzene rings is 1. The van der Waals surface area contributed by atoms with Gasteiger partial charge in [-0.05, 0) is 37.8 Å². The summed E-state index contributed by atoms with van der Waals surface area (Å²) in [5.41, 5.74) is 8.04. The Balaban J connectivity index is 1.99. The van der Waals surface area contributed by atoms with Gasteiger partial charge in [-0.15, -0.1) is 0 Å². The van der Waals surface area contributed by atoms with Crippen LogP contribution >= 0.6 is 11.6 Å². The van der Waals surface area contributed by atoms with E-state index in [1.165, 1.54) is 5.69 Å². The molecule has 1 aromatic carbocycles. The van der Waals surface area contributed by atoms with E-state index in [0.29, 0.717) is 18.6 Å². The molecule has 2 aliphatic rings. The van der Waals surface area contributed by atoms with Crippen LogP contribution in [0.4, 0.5) is 5.69 Å². The highest BCUT2D eigenvalue weighted by atomic mass is 35.5. The Morgan fingerprint density at radius 2 is 1.94 bits per heavy atom. The molecule has 2 heterocycles. The molecular weight excluding hydrogens is 248 g/mol. The highest BCUT2D eigenvalue weighted by Crippen LogP contribution is 2.41. The summed E-state index contributed by atoms with van der Waals surface area (Å²) < 4.78 is 0. The Bertz CT molecular complexity index is 437. The third kappa shape index (κ3) is 1.91. The molecule has 0 spiro atoms. The van der Waals surface area contributed by atoms with E-state index in [-0.39, 0.29) is 6.10 Å². The molecule has 1 aromatic rings. The first-order valence-electron chi connectivity index (χ1n) is 6.64. The van der Waals surface area contributed by atoms with Crippen molar-refractivity contribution in [3.8, 4) is 0 Å². The Hall–Kier alpha value is -0.770. The lowest BCUT2D eigenvalue weighted by atomic mass is 9.98. The summed E-state index contributed by atoms with van der Waals surface area (Å²) in [6.07, 6.45) is 3.93. The molecule has 2 unspecified atom stereocenters. The van der Waals surface area contributed by atoms with Crippen LogP contribution in [0.25, 0.3) is 0 Å². The average Bonchev–Trinajstić information content (AvgIpc) is 2.61. The lowest BCUT2D eigenvalue weighted by molar-refractivity contribution is 0.126. The van der Waals surface area contributed by atoms with E-state index in [1.807, 2.05) is 12.1 Å². The summed E-state index contributed by atoms with van der Waals surface area (Å²) in [4.78, 5) is 2.45. The number of rotatable bonds is 2. The maximum absolute atomic E-state index is 9.86. The first-order valence-corrected chi connectivity index (χ1v) is 7.02. The van der Waals surface area contributed by atoms with Crippen molar-refractivity contribution in [2.45, 2.75) is 50.4 Å². The van der Waals surface area contributed by atoms with Gasteiger partial charge in [-0.3, -0.25) is 0 Å². The van der Waals surface area contributed by atoms with E-state index in [4.69, 9.17) is 17.3 Å². The van der Waals surface area contributed by atoms with Gasteiger partial charge in [0, 0.05) is 34.9 Å². The van der Waals surface area contributed by atoms with Crippen molar-refractivity contribution in [3.63, 3.8) is 0 Å². The third-order valence-electron chi connectivity index (χ3n) is 4.28. The molecule has 0 radical (unpaired) electrons. The van der Waals surface area contributed by atoms with Crippen molar-refractivity contribution in [2.24, 2.45) is 5.73 Å². The Kier molecular flexibility index (Phi) is 3.22. The van der Waals surface area contributed by atoms with Crippen LogP contribution in [0.1, 0.15) is 31.2 Å². The summed E-state index contributed by atoms with van der Waals surface area (Å²) in [6.45, 7) is 0.466. The fourth-order valence-corrected chi connectivity index (χ4v) is 3.78. The summed E-state index contributed by atoms with van der Waals surface area (Å²) in [5, 5.41) is 10.6. The zero-order chi connectivity index (χ0) is 12.7. The molecule has 0 aliphatic carbocycles. The molecule has 18 heavy (non-hydrogen) atoms. The fourth-order valence-electron chi connectivity index (χ4n) is 3.53. The van der Waals surface area contributed by atoms with Crippen molar-refractivity contribution >= 4 is 17.3 Å². The minimum absolute atomic E-state index is 0.140. The summed E-state index contributed by atoms with van der Waals surface area (Å²) in [7, 11) is 0. The van der Waals surface area contributed by atoms with Crippen LogP contribution < -0.4 is 10.6 Å². The number of halogens is 1. The lowest BCUT2D eigenvalue weighted by Crippen LogP contribution is -2.45. The minimum atomic E-state index is -0.140. The zero-order valence-electron chi connectivity index (χ0n) is 10.3. The van der Waals surface area contributed by atoms with E-state index in [1.54, 1.807) is 0 Å². The van der Waals surface area contributed by atoms with Crippen molar-refractivity contribution in [1.82, 2.24) is 0 Å². The molecule has 2 fully saturated rings. The Morgan fingerprint density at radius 1 is 1.28 bits per heavy atom. The number of hydrogen-bond acceptors (Lipinski definition) is 3. The van der Waals surface area contributed by atoms with Crippen molar-refractivity contribution in [1.29, 1.82) is 0 Å². The smallest absolute Gasteiger partial charge is 0.0579 e.